The summed E-state index contributed by atoms with van der Waals surface area (Å²) < 4.78 is 0. The first-order chi connectivity index (χ1) is 8.98. The fourth-order valence-electron chi connectivity index (χ4n) is 3.65. The second kappa shape index (κ2) is 4.47. The van der Waals surface area contributed by atoms with E-state index in [9.17, 15) is 4.79 Å². The Bertz CT molecular complexity index is 361. The van der Waals surface area contributed by atoms with Crippen molar-refractivity contribution in [1.82, 2.24) is 10.2 Å². The third-order valence-electron chi connectivity index (χ3n) is 5.34. The average molecular weight is 264 g/mol. The van der Waals surface area contributed by atoms with Gasteiger partial charge in [0.25, 0.3) is 0 Å². The maximum atomic E-state index is 12.9. The molecular weight excluding hydrogens is 236 g/mol. The smallest absolute Gasteiger partial charge is 0.244 e. The normalized spacial score (nSPS) is 35.8. The first-order valence-electron chi connectivity index (χ1n) is 8.08. The minimum absolute atomic E-state index is 0.239. The Hall–Kier alpha value is -0.570. The highest BCUT2D eigenvalue weighted by Gasteiger charge is 2.55. The van der Waals surface area contributed by atoms with E-state index in [1.807, 2.05) is 0 Å². The lowest BCUT2D eigenvalue weighted by Crippen LogP contribution is -2.49. The molecule has 19 heavy (non-hydrogen) atoms. The summed E-state index contributed by atoms with van der Waals surface area (Å²) in [5.74, 6) is 2.42. The topological polar surface area (TPSA) is 32.3 Å². The van der Waals surface area contributed by atoms with E-state index in [0.717, 1.165) is 18.3 Å². The van der Waals surface area contributed by atoms with E-state index in [-0.39, 0.29) is 11.7 Å². The van der Waals surface area contributed by atoms with Crippen molar-refractivity contribution in [2.45, 2.75) is 77.5 Å². The van der Waals surface area contributed by atoms with E-state index in [1.54, 1.807) is 0 Å². The predicted molar refractivity (Wildman–Crippen MR) is 76.5 cm³/mol. The van der Waals surface area contributed by atoms with Crippen LogP contribution in [0.25, 0.3) is 0 Å². The first kappa shape index (κ1) is 13.4. The molecule has 1 N–H and O–H groups in total. The van der Waals surface area contributed by atoms with Gasteiger partial charge in [-0.1, -0.05) is 20.8 Å². The molecule has 1 aliphatic heterocycles. The fraction of sp³-hybridized carbons (Fsp3) is 0.938. The van der Waals surface area contributed by atoms with Crippen LogP contribution in [-0.4, -0.2) is 28.6 Å². The Balaban J connectivity index is 1.89. The largest absolute Gasteiger partial charge is 0.322 e. The molecule has 0 spiro atoms. The van der Waals surface area contributed by atoms with Crippen molar-refractivity contribution in [3.05, 3.63) is 0 Å². The van der Waals surface area contributed by atoms with Crippen molar-refractivity contribution < 1.29 is 4.79 Å². The molecule has 3 aliphatic rings. The van der Waals surface area contributed by atoms with Crippen LogP contribution in [0.4, 0.5) is 0 Å². The third kappa shape index (κ3) is 2.20. The van der Waals surface area contributed by atoms with Crippen LogP contribution in [0.15, 0.2) is 0 Å². The monoisotopic (exact) mass is 264 g/mol. The van der Waals surface area contributed by atoms with Gasteiger partial charge in [0.15, 0.2) is 0 Å². The number of hydrogen-bond acceptors (Lipinski definition) is 2. The Kier molecular flexibility index (Phi) is 3.16. The van der Waals surface area contributed by atoms with Gasteiger partial charge in [-0.25, -0.2) is 0 Å². The summed E-state index contributed by atoms with van der Waals surface area (Å²) >= 11 is 0. The summed E-state index contributed by atoms with van der Waals surface area (Å²) in [5, 5.41) is 3.64. The van der Waals surface area contributed by atoms with Gasteiger partial charge >= 0.3 is 0 Å². The second-order valence-electron chi connectivity index (χ2n) is 7.40. The van der Waals surface area contributed by atoms with Gasteiger partial charge < -0.3 is 4.90 Å². The lowest BCUT2D eigenvalue weighted by Gasteiger charge is -2.35. The summed E-state index contributed by atoms with van der Waals surface area (Å²) in [7, 11) is 0. The van der Waals surface area contributed by atoms with E-state index in [0.29, 0.717) is 17.9 Å². The summed E-state index contributed by atoms with van der Waals surface area (Å²) in [4.78, 5) is 15.2. The Labute approximate surface area is 117 Å². The zero-order chi connectivity index (χ0) is 13.8. The Morgan fingerprint density at radius 3 is 2.16 bits per heavy atom. The zero-order valence-corrected chi connectivity index (χ0v) is 12.8. The minimum atomic E-state index is -0.336. The quantitative estimate of drug-likeness (QED) is 0.828. The number of nitrogens with zero attached hydrogens (tertiary/aromatic N) is 1. The number of hydrogen-bond donors (Lipinski definition) is 1. The molecule has 0 bridgehead atoms. The van der Waals surface area contributed by atoms with E-state index in [2.05, 4.69) is 37.9 Å². The molecule has 1 heterocycles. The molecule has 0 aromatic heterocycles. The number of amides is 1. The van der Waals surface area contributed by atoms with E-state index in [4.69, 9.17) is 0 Å². The molecule has 3 rings (SSSR count). The van der Waals surface area contributed by atoms with Crippen molar-refractivity contribution in [3.8, 4) is 0 Å². The highest BCUT2D eigenvalue weighted by atomic mass is 16.2. The highest BCUT2D eigenvalue weighted by Crippen LogP contribution is 2.49. The first-order valence-corrected chi connectivity index (χ1v) is 8.08. The van der Waals surface area contributed by atoms with Crippen molar-refractivity contribution in [2.24, 2.45) is 17.8 Å². The van der Waals surface area contributed by atoms with Crippen molar-refractivity contribution in [2.75, 3.05) is 0 Å². The van der Waals surface area contributed by atoms with Gasteiger partial charge in [0.05, 0.1) is 11.7 Å². The summed E-state index contributed by atoms with van der Waals surface area (Å²) in [5.41, 5.74) is -0.336. The SMILES string of the molecule is CCC1(C)NC(C(C)C)N(C(C2CC2)C2CC2)C1=O. The highest BCUT2D eigenvalue weighted by molar-refractivity contribution is 5.88. The molecule has 3 fully saturated rings. The van der Waals surface area contributed by atoms with E-state index in [1.165, 1.54) is 25.7 Å². The van der Waals surface area contributed by atoms with Gasteiger partial charge in [-0.05, 0) is 56.8 Å². The van der Waals surface area contributed by atoms with E-state index < -0.39 is 0 Å². The minimum Gasteiger partial charge on any atom is -0.322 e. The van der Waals surface area contributed by atoms with Gasteiger partial charge in [0.2, 0.25) is 5.91 Å². The molecule has 0 radical (unpaired) electrons. The van der Waals surface area contributed by atoms with Crippen LogP contribution in [0, 0.1) is 17.8 Å². The van der Waals surface area contributed by atoms with Crippen LogP contribution >= 0.6 is 0 Å². The van der Waals surface area contributed by atoms with E-state index >= 15 is 0 Å². The molecule has 1 amide bonds. The maximum Gasteiger partial charge on any atom is 0.244 e. The lowest BCUT2D eigenvalue weighted by molar-refractivity contribution is -0.136. The van der Waals surface area contributed by atoms with Crippen molar-refractivity contribution >= 4 is 5.91 Å². The predicted octanol–water partition coefficient (Wildman–Crippen LogP) is 2.76. The average Bonchev–Trinajstić information content (AvgIpc) is 3.25. The van der Waals surface area contributed by atoms with Gasteiger partial charge in [0, 0.05) is 6.04 Å². The van der Waals surface area contributed by atoms with Crippen LogP contribution in [0.5, 0.6) is 0 Å². The second-order valence-corrected chi connectivity index (χ2v) is 7.40. The van der Waals surface area contributed by atoms with Gasteiger partial charge in [-0.3, -0.25) is 10.1 Å². The maximum absolute atomic E-state index is 12.9. The molecule has 3 heteroatoms. The lowest BCUT2D eigenvalue weighted by atomic mass is 9.97. The van der Waals surface area contributed by atoms with Gasteiger partial charge in [-0.15, -0.1) is 0 Å². The van der Waals surface area contributed by atoms with Crippen LogP contribution in [0.2, 0.25) is 0 Å². The molecule has 3 nitrogen and oxygen atoms in total. The van der Waals surface area contributed by atoms with Crippen molar-refractivity contribution in [3.63, 3.8) is 0 Å². The molecule has 2 atom stereocenters. The molecule has 2 aliphatic carbocycles. The molecule has 2 unspecified atom stereocenters. The zero-order valence-electron chi connectivity index (χ0n) is 12.8. The Morgan fingerprint density at radius 2 is 1.79 bits per heavy atom. The third-order valence-corrected chi connectivity index (χ3v) is 5.34. The number of rotatable bonds is 5. The van der Waals surface area contributed by atoms with Crippen LogP contribution < -0.4 is 5.32 Å². The van der Waals surface area contributed by atoms with Crippen LogP contribution in [0.3, 0.4) is 0 Å². The fourth-order valence-corrected chi connectivity index (χ4v) is 3.65. The standard InChI is InChI=1S/C16H28N2O/c1-5-16(4)15(19)18(14(17-16)10(2)3)13(11-6-7-11)12-8-9-12/h10-14,17H,5-9H2,1-4H3. The molecule has 1 saturated heterocycles. The van der Waals surface area contributed by atoms with Crippen molar-refractivity contribution in [1.29, 1.82) is 0 Å². The summed E-state index contributed by atoms with van der Waals surface area (Å²) in [6.45, 7) is 8.67. The Morgan fingerprint density at radius 1 is 1.26 bits per heavy atom. The molecule has 2 saturated carbocycles. The van der Waals surface area contributed by atoms with Gasteiger partial charge in [-0.2, -0.15) is 0 Å². The molecule has 0 aromatic carbocycles. The van der Waals surface area contributed by atoms with Gasteiger partial charge in [0.1, 0.15) is 0 Å². The van der Waals surface area contributed by atoms with Crippen LogP contribution in [0.1, 0.15) is 59.8 Å². The molecular formula is C16H28N2O. The molecule has 108 valence electrons. The number of carbonyl (C=O) groups is 1. The number of nitrogens with one attached hydrogen (secondary N) is 1. The summed E-state index contributed by atoms with van der Waals surface area (Å²) in [6.07, 6.45) is 6.45. The van der Waals surface area contributed by atoms with Crippen LogP contribution in [-0.2, 0) is 4.79 Å². The number of carbonyl (C=O) groups excluding carboxylic acids is 1. The summed E-state index contributed by atoms with van der Waals surface area (Å²) in [6, 6.07) is 0.528. The molecule has 0 aromatic rings.